The van der Waals surface area contributed by atoms with Crippen molar-refractivity contribution >= 4 is 23.1 Å². The topological polar surface area (TPSA) is 72.2 Å². The van der Waals surface area contributed by atoms with Gasteiger partial charge < -0.3 is 11.1 Å². The molecule has 1 aliphatic carbocycles. The molecule has 1 aliphatic rings. The van der Waals surface area contributed by atoms with Crippen LogP contribution in [0.25, 0.3) is 0 Å². The van der Waals surface area contributed by atoms with E-state index in [1.165, 1.54) is 18.4 Å². The second-order valence-corrected chi connectivity index (χ2v) is 7.37. The van der Waals surface area contributed by atoms with Crippen molar-refractivity contribution in [3.63, 3.8) is 0 Å². The molecular weight excluding hydrogens is 336 g/mol. The molecular formula is C23H28N2O2. The first-order chi connectivity index (χ1) is 13.1. The second kappa shape index (κ2) is 9.36. The molecule has 3 N–H and O–H groups in total. The maximum Gasteiger partial charge on any atom is 0.224 e. The minimum atomic E-state index is -0.0141. The van der Waals surface area contributed by atoms with E-state index in [-0.39, 0.29) is 11.7 Å². The molecule has 0 radical (unpaired) electrons. The van der Waals surface area contributed by atoms with Gasteiger partial charge in [0.2, 0.25) is 5.91 Å². The average molecular weight is 364 g/mol. The highest BCUT2D eigenvalue weighted by Gasteiger charge is 2.23. The van der Waals surface area contributed by atoms with Gasteiger partial charge in [-0.3, -0.25) is 9.59 Å². The van der Waals surface area contributed by atoms with Crippen LogP contribution in [0.5, 0.6) is 0 Å². The summed E-state index contributed by atoms with van der Waals surface area (Å²) in [7, 11) is 0. The maximum absolute atomic E-state index is 12.2. The van der Waals surface area contributed by atoms with Crippen molar-refractivity contribution in [3.8, 4) is 0 Å². The van der Waals surface area contributed by atoms with Gasteiger partial charge in [0.25, 0.3) is 0 Å². The number of hydrogen-bond donors (Lipinski definition) is 2. The third-order valence-electron chi connectivity index (χ3n) is 5.07. The summed E-state index contributed by atoms with van der Waals surface area (Å²) in [6, 6.07) is 15.4. The summed E-state index contributed by atoms with van der Waals surface area (Å²) < 4.78 is 0. The Hall–Kier alpha value is -2.62. The Labute approximate surface area is 161 Å². The summed E-state index contributed by atoms with van der Waals surface area (Å²) in [6.45, 7) is 0. The van der Waals surface area contributed by atoms with E-state index in [1.807, 2.05) is 24.3 Å². The molecule has 0 heterocycles. The SMILES string of the molecule is Nc1ccccc1NC(=O)CCCCCCC(=O)c1ccc(C2CC2)cc1. The number of para-hydroxylation sites is 2. The van der Waals surface area contributed by atoms with E-state index in [4.69, 9.17) is 5.73 Å². The summed E-state index contributed by atoms with van der Waals surface area (Å²) >= 11 is 0. The first kappa shape index (κ1) is 19.2. The van der Waals surface area contributed by atoms with Crippen LogP contribution in [-0.4, -0.2) is 11.7 Å². The van der Waals surface area contributed by atoms with Crippen molar-refractivity contribution in [1.29, 1.82) is 0 Å². The van der Waals surface area contributed by atoms with E-state index in [2.05, 4.69) is 17.4 Å². The average Bonchev–Trinajstić information content (AvgIpc) is 3.51. The largest absolute Gasteiger partial charge is 0.397 e. The van der Waals surface area contributed by atoms with Crippen LogP contribution in [0.4, 0.5) is 11.4 Å². The van der Waals surface area contributed by atoms with E-state index in [1.54, 1.807) is 12.1 Å². The van der Waals surface area contributed by atoms with Gasteiger partial charge >= 0.3 is 0 Å². The van der Waals surface area contributed by atoms with Crippen molar-refractivity contribution < 1.29 is 9.59 Å². The Kier molecular flexibility index (Phi) is 6.64. The highest BCUT2D eigenvalue weighted by molar-refractivity contribution is 5.96. The zero-order valence-electron chi connectivity index (χ0n) is 15.7. The molecule has 0 unspecified atom stereocenters. The van der Waals surface area contributed by atoms with E-state index >= 15 is 0 Å². The second-order valence-electron chi connectivity index (χ2n) is 7.37. The molecule has 0 aliphatic heterocycles. The number of nitrogen functional groups attached to an aromatic ring is 1. The van der Waals surface area contributed by atoms with Gasteiger partial charge in [-0.25, -0.2) is 0 Å². The van der Waals surface area contributed by atoms with Gasteiger partial charge in [0.05, 0.1) is 11.4 Å². The van der Waals surface area contributed by atoms with Crippen molar-refractivity contribution in [3.05, 3.63) is 59.7 Å². The van der Waals surface area contributed by atoms with Gasteiger partial charge in [0.1, 0.15) is 0 Å². The Morgan fingerprint density at radius 2 is 1.56 bits per heavy atom. The van der Waals surface area contributed by atoms with Crippen LogP contribution < -0.4 is 11.1 Å². The number of carbonyl (C=O) groups is 2. The lowest BCUT2D eigenvalue weighted by Gasteiger charge is -2.07. The summed E-state index contributed by atoms with van der Waals surface area (Å²) in [5.41, 5.74) is 9.25. The molecule has 0 saturated heterocycles. The standard InChI is InChI=1S/C23H28N2O2/c24-20-7-5-6-8-21(20)25-23(27)10-4-2-1-3-9-22(26)19-15-13-18(14-16-19)17-11-12-17/h5-8,13-17H,1-4,9-12,24H2,(H,25,27). The maximum atomic E-state index is 12.2. The highest BCUT2D eigenvalue weighted by Crippen LogP contribution is 2.39. The number of unbranched alkanes of at least 4 members (excludes halogenated alkanes) is 3. The summed E-state index contributed by atoms with van der Waals surface area (Å²) in [4.78, 5) is 24.2. The predicted octanol–water partition coefficient (Wildman–Crippen LogP) is 5.31. The van der Waals surface area contributed by atoms with Crippen LogP contribution in [0.3, 0.4) is 0 Å². The lowest BCUT2D eigenvalue weighted by atomic mass is 10.0. The van der Waals surface area contributed by atoms with Crippen LogP contribution >= 0.6 is 0 Å². The van der Waals surface area contributed by atoms with Gasteiger partial charge in [0.15, 0.2) is 5.78 Å². The van der Waals surface area contributed by atoms with Crippen LogP contribution in [-0.2, 0) is 4.79 Å². The number of hydrogen-bond acceptors (Lipinski definition) is 3. The third kappa shape index (κ3) is 5.95. The number of amides is 1. The molecule has 0 spiro atoms. The Bertz CT molecular complexity index is 779. The van der Waals surface area contributed by atoms with Crippen molar-refractivity contribution in [1.82, 2.24) is 0 Å². The molecule has 1 amide bonds. The monoisotopic (exact) mass is 364 g/mol. The minimum Gasteiger partial charge on any atom is -0.397 e. The molecule has 2 aromatic rings. The number of ketones is 1. The van der Waals surface area contributed by atoms with Crippen LogP contribution in [0.1, 0.15) is 73.2 Å². The zero-order chi connectivity index (χ0) is 19.1. The number of nitrogens with two attached hydrogens (primary N) is 1. The Balaban J connectivity index is 1.28. The quantitative estimate of drug-likeness (QED) is 0.341. The molecule has 3 rings (SSSR count). The number of nitrogens with one attached hydrogen (secondary N) is 1. The first-order valence-corrected chi connectivity index (χ1v) is 9.91. The Morgan fingerprint density at radius 1 is 0.889 bits per heavy atom. The minimum absolute atomic E-state index is 0.0141. The van der Waals surface area contributed by atoms with Gasteiger partial charge in [-0.1, -0.05) is 49.2 Å². The third-order valence-corrected chi connectivity index (χ3v) is 5.07. The van der Waals surface area contributed by atoms with Crippen LogP contribution in [0, 0.1) is 0 Å². The van der Waals surface area contributed by atoms with Gasteiger partial charge in [-0.05, 0) is 49.3 Å². The summed E-state index contributed by atoms with van der Waals surface area (Å²) in [5.74, 6) is 0.930. The number of rotatable bonds is 10. The number of carbonyl (C=O) groups excluding carboxylic acids is 2. The number of benzene rings is 2. The smallest absolute Gasteiger partial charge is 0.224 e. The zero-order valence-corrected chi connectivity index (χ0v) is 15.7. The molecule has 1 saturated carbocycles. The molecule has 0 bridgehead atoms. The summed E-state index contributed by atoms with van der Waals surface area (Å²) in [6.07, 6.45) is 7.23. The molecule has 4 heteroatoms. The van der Waals surface area contributed by atoms with E-state index in [0.29, 0.717) is 24.2 Å². The summed E-state index contributed by atoms with van der Waals surface area (Å²) in [5, 5.41) is 2.84. The fourth-order valence-corrected chi connectivity index (χ4v) is 3.25. The molecule has 0 atom stereocenters. The predicted molar refractivity (Wildman–Crippen MR) is 110 cm³/mol. The molecule has 27 heavy (non-hydrogen) atoms. The Morgan fingerprint density at radius 3 is 2.22 bits per heavy atom. The fraction of sp³-hybridized carbons (Fsp3) is 0.391. The lowest BCUT2D eigenvalue weighted by Crippen LogP contribution is -2.12. The van der Waals surface area contributed by atoms with E-state index in [0.717, 1.165) is 37.2 Å². The van der Waals surface area contributed by atoms with Crippen LogP contribution in [0.2, 0.25) is 0 Å². The van der Waals surface area contributed by atoms with Gasteiger partial charge in [-0.15, -0.1) is 0 Å². The van der Waals surface area contributed by atoms with Gasteiger partial charge in [0, 0.05) is 18.4 Å². The van der Waals surface area contributed by atoms with Crippen molar-refractivity contribution in [2.45, 2.75) is 57.3 Å². The first-order valence-electron chi connectivity index (χ1n) is 9.91. The van der Waals surface area contributed by atoms with Crippen LogP contribution in [0.15, 0.2) is 48.5 Å². The molecule has 2 aromatic carbocycles. The van der Waals surface area contributed by atoms with Crippen molar-refractivity contribution in [2.75, 3.05) is 11.1 Å². The van der Waals surface area contributed by atoms with E-state index < -0.39 is 0 Å². The lowest BCUT2D eigenvalue weighted by molar-refractivity contribution is -0.116. The molecule has 1 fully saturated rings. The highest BCUT2D eigenvalue weighted by atomic mass is 16.1. The molecule has 4 nitrogen and oxygen atoms in total. The van der Waals surface area contributed by atoms with E-state index in [9.17, 15) is 9.59 Å². The molecule has 142 valence electrons. The number of Topliss-reactive ketones (excluding diaryl/α,β-unsaturated/α-hetero) is 1. The number of anilines is 2. The normalized spacial score (nSPS) is 13.3. The van der Waals surface area contributed by atoms with Gasteiger partial charge in [-0.2, -0.15) is 0 Å². The van der Waals surface area contributed by atoms with Crippen molar-refractivity contribution in [2.24, 2.45) is 0 Å². The molecule has 0 aromatic heterocycles. The fourth-order valence-electron chi connectivity index (χ4n) is 3.25.